The van der Waals surface area contributed by atoms with E-state index in [-0.39, 0.29) is 0 Å². The Balaban J connectivity index is 1.49. The number of hydrogen-bond acceptors (Lipinski definition) is 4. The minimum Gasteiger partial charge on any atom is -0.381 e. The number of nitrogens with one attached hydrogen (secondary N) is 2. The van der Waals surface area contributed by atoms with Gasteiger partial charge in [0.25, 0.3) is 0 Å². The number of ether oxygens (including phenoxy) is 1. The minimum absolute atomic E-state index is 0.755. The molecule has 0 aliphatic carbocycles. The van der Waals surface area contributed by atoms with Crippen molar-refractivity contribution in [1.29, 1.82) is 0 Å². The van der Waals surface area contributed by atoms with Crippen LogP contribution in [0.5, 0.6) is 0 Å². The van der Waals surface area contributed by atoms with Crippen LogP contribution in [0.25, 0.3) is 0 Å². The molecule has 2 aliphatic heterocycles. The molecule has 2 heterocycles. The molecule has 0 radical (unpaired) electrons. The van der Waals surface area contributed by atoms with Gasteiger partial charge in [-0.3, -0.25) is 0 Å². The molecule has 2 aliphatic rings. The summed E-state index contributed by atoms with van der Waals surface area (Å²) < 4.78 is 5.36. The molecule has 1 unspecified atom stereocenters. The van der Waals surface area contributed by atoms with Gasteiger partial charge in [0.1, 0.15) is 0 Å². The Bertz CT molecular complexity index is 175. The van der Waals surface area contributed by atoms with Crippen LogP contribution in [-0.2, 0) is 4.74 Å². The van der Waals surface area contributed by atoms with Crippen LogP contribution in [0.4, 0.5) is 0 Å². The molecule has 94 valence electrons. The van der Waals surface area contributed by atoms with Crippen LogP contribution in [0.15, 0.2) is 0 Å². The summed E-state index contributed by atoms with van der Waals surface area (Å²) in [5.74, 6) is 0.755. The molecule has 2 rings (SSSR count). The Morgan fingerprint density at radius 1 is 1.31 bits per heavy atom. The Kier molecular flexibility index (Phi) is 5.55. The van der Waals surface area contributed by atoms with Gasteiger partial charge in [-0.05, 0) is 31.8 Å². The van der Waals surface area contributed by atoms with Crippen molar-refractivity contribution in [3.8, 4) is 0 Å². The molecule has 0 aromatic carbocycles. The normalized spacial score (nSPS) is 28.1. The van der Waals surface area contributed by atoms with Crippen molar-refractivity contribution in [2.45, 2.75) is 12.8 Å². The van der Waals surface area contributed by atoms with Gasteiger partial charge >= 0.3 is 0 Å². The largest absolute Gasteiger partial charge is 0.381 e. The zero-order valence-electron chi connectivity index (χ0n) is 10.2. The van der Waals surface area contributed by atoms with Crippen LogP contribution in [0, 0.1) is 5.92 Å². The van der Waals surface area contributed by atoms with Gasteiger partial charge in [0, 0.05) is 39.3 Å². The highest BCUT2D eigenvalue weighted by Crippen LogP contribution is 2.10. The summed E-state index contributed by atoms with van der Waals surface area (Å²) >= 11 is 0. The SMILES string of the molecule is C1CNCCN(CCNCC2CCOC2)C1. The summed E-state index contributed by atoms with van der Waals surface area (Å²) in [7, 11) is 0. The molecule has 4 nitrogen and oxygen atoms in total. The second kappa shape index (κ2) is 7.22. The molecular formula is C12H25N3O. The average Bonchev–Trinajstić information content (AvgIpc) is 2.68. The molecule has 0 saturated carbocycles. The first kappa shape index (κ1) is 12.3. The fraction of sp³-hybridized carbons (Fsp3) is 1.00. The summed E-state index contributed by atoms with van der Waals surface area (Å²) in [6.45, 7) is 10.2. The average molecular weight is 227 g/mol. The van der Waals surface area contributed by atoms with Gasteiger partial charge in [0.2, 0.25) is 0 Å². The van der Waals surface area contributed by atoms with Crippen LogP contribution >= 0.6 is 0 Å². The molecule has 2 N–H and O–H groups in total. The zero-order valence-corrected chi connectivity index (χ0v) is 10.2. The van der Waals surface area contributed by atoms with E-state index in [2.05, 4.69) is 15.5 Å². The second-order valence-electron chi connectivity index (χ2n) is 4.88. The van der Waals surface area contributed by atoms with Crippen LogP contribution in [0.1, 0.15) is 12.8 Å². The smallest absolute Gasteiger partial charge is 0.0507 e. The topological polar surface area (TPSA) is 36.5 Å². The van der Waals surface area contributed by atoms with E-state index in [0.29, 0.717) is 0 Å². The number of hydrogen-bond donors (Lipinski definition) is 2. The standard InChI is InChI=1S/C12H25N3O/c1-3-13-4-7-15(6-1)8-5-14-10-12-2-9-16-11-12/h12-14H,1-11H2. The maximum absolute atomic E-state index is 5.36. The highest BCUT2D eigenvalue weighted by atomic mass is 16.5. The lowest BCUT2D eigenvalue weighted by molar-refractivity contribution is 0.185. The summed E-state index contributed by atoms with van der Waals surface area (Å²) in [5.41, 5.74) is 0. The summed E-state index contributed by atoms with van der Waals surface area (Å²) in [4.78, 5) is 2.55. The summed E-state index contributed by atoms with van der Waals surface area (Å²) in [6, 6.07) is 0. The van der Waals surface area contributed by atoms with Crippen molar-refractivity contribution >= 4 is 0 Å². The molecule has 4 heteroatoms. The predicted molar refractivity (Wildman–Crippen MR) is 65.7 cm³/mol. The Hall–Kier alpha value is -0.160. The highest BCUT2D eigenvalue weighted by molar-refractivity contribution is 4.69. The van der Waals surface area contributed by atoms with Crippen molar-refractivity contribution in [3.63, 3.8) is 0 Å². The van der Waals surface area contributed by atoms with E-state index in [9.17, 15) is 0 Å². The fourth-order valence-electron chi connectivity index (χ4n) is 2.41. The van der Waals surface area contributed by atoms with Gasteiger partial charge in [-0.15, -0.1) is 0 Å². The maximum Gasteiger partial charge on any atom is 0.0507 e. The first-order valence-electron chi connectivity index (χ1n) is 6.66. The lowest BCUT2D eigenvalue weighted by Gasteiger charge is -2.20. The lowest BCUT2D eigenvalue weighted by atomic mass is 10.1. The fourth-order valence-corrected chi connectivity index (χ4v) is 2.41. The Morgan fingerprint density at radius 2 is 2.31 bits per heavy atom. The first-order valence-corrected chi connectivity index (χ1v) is 6.66. The van der Waals surface area contributed by atoms with E-state index in [1.165, 1.54) is 39.0 Å². The van der Waals surface area contributed by atoms with E-state index in [4.69, 9.17) is 4.74 Å². The van der Waals surface area contributed by atoms with Gasteiger partial charge in [-0.1, -0.05) is 0 Å². The van der Waals surface area contributed by atoms with E-state index in [1.807, 2.05) is 0 Å². The van der Waals surface area contributed by atoms with E-state index >= 15 is 0 Å². The molecule has 2 saturated heterocycles. The second-order valence-corrected chi connectivity index (χ2v) is 4.88. The molecule has 0 amide bonds. The van der Waals surface area contributed by atoms with Crippen LogP contribution < -0.4 is 10.6 Å². The molecule has 2 fully saturated rings. The van der Waals surface area contributed by atoms with Gasteiger partial charge < -0.3 is 20.3 Å². The zero-order chi connectivity index (χ0) is 11.1. The highest BCUT2D eigenvalue weighted by Gasteiger charge is 2.14. The monoisotopic (exact) mass is 227 g/mol. The third kappa shape index (κ3) is 4.37. The minimum atomic E-state index is 0.755. The molecule has 0 bridgehead atoms. The Morgan fingerprint density at radius 3 is 3.19 bits per heavy atom. The van der Waals surface area contributed by atoms with Crippen molar-refractivity contribution in [3.05, 3.63) is 0 Å². The van der Waals surface area contributed by atoms with Crippen molar-refractivity contribution in [2.24, 2.45) is 5.92 Å². The molecule has 0 aromatic heterocycles. The van der Waals surface area contributed by atoms with Crippen molar-refractivity contribution in [1.82, 2.24) is 15.5 Å². The van der Waals surface area contributed by atoms with Crippen molar-refractivity contribution in [2.75, 3.05) is 59.0 Å². The molecule has 0 aromatic rings. The summed E-state index contributed by atoms with van der Waals surface area (Å²) in [6.07, 6.45) is 2.52. The van der Waals surface area contributed by atoms with Crippen LogP contribution in [0.3, 0.4) is 0 Å². The van der Waals surface area contributed by atoms with Crippen LogP contribution in [-0.4, -0.2) is 63.9 Å². The predicted octanol–water partition coefficient (Wildman–Crippen LogP) is -0.0922. The maximum atomic E-state index is 5.36. The number of rotatable bonds is 5. The van der Waals surface area contributed by atoms with Gasteiger partial charge in [0.15, 0.2) is 0 Å². The van der Waals surface area contributed by atoms with Crippen molar-refractivity contribution < 1.29 is 4.74 Å². The summed E-state index contributed by atoms with van der Waals surface area (Å²) in [5, 5.41) is 6.99. The lowest BCUT2D eigenvalue weighted by Crippen LogP contribution is -2.36. The first-order chi connectivity index (χ1) is 7.95. The number of nitrogens with zero attached hydrogens (tertiary/aromatic N) is 1. The van der Waals surface area contributed by atoms with E-state index in [1.54, 1.807) is 0 Å². The van der Waals surface area contributed by atoms with E-state index < -0.39 is 0 Å². The third-order valence-corrected chi connectivity index (χ3v) is 3.49. The van der Waals surface area contributed by atoms with E-state index in [0.717, 1.165) is 38.8 Å². The molecule has 16 heavy (non-hydrogen) atoms. The van der Waals surface area contributed by atoms with Crippen LogP contribution in [0.2, 0.25) is 0 Å². The molecular weight excluding hydrogens is 202 g/mol. The Labute approximate surface area is 98.7 Å². The van der Waals surface area contributed by atoms with Gasteiger partial charge in [-0.2, -0.15) is 0 Å². The third-order valence-electron chi connectivity index (χ3n) is 3.49. The quantitative estimate of drug-likeness (QED) is 0.644. The molecule has 1 atom stereocenters. The van der Waals surface area contributed by atoms with Gasteiger partial charge in [0.05, 0.1) is 6.61 Å². The van der Waals surface area contributed by atoms with Gasteiger partial charge in [-0.25, -0.2) is 0 Å². The molecule has 0 spiro atoms.